The van der Waals surface area contributed by atoms with Gasteiger partial charge >= 0.3 is 0 Å². The molecule has 1 N–H and O–H groups in total. The van der Waals surface area contributed by atoms with Gasteiger partial charge in [0.05, 0.1) is 0 Å². The van der Waals surface area contributed by atoms with E-state index < -0.39 is 0 Å². The molecule has 0 unspecified atom stereocenters. The molecule has 2 aromatic carbocycles. The lowest BCUT2D eigenvalue weighted by Gasteiger charge is -2.12. The Labute approximate surface area is 122 Å². The van der Waals surface area contributed by atoms with E-state index in [2.05, 4.69) is 11.1 Å². The normalized spacial score (nSPS) is 10.5. The second-order valence-corrected chi connectivity index (χ2v) is 5.16. The molecule has 3 rings (SSSR count). The molecule has 0 atom stereocenters. The molecule has 0 saturated carbocycles. The average Bonchev–Trinajstić information content (AvgIpc) is 2.46. The molecule has 0 bridgehead atoms. The summed E-state index contributed by atoms with van der Waals surface area (Å²) < 4.78 is 0. The molecular formula is C18H14N2O. The monoisotopic (exact) mass is 274 g/mol. The highest BCUT2D eigenvalue weighted by atomic mass is 16.1. The molecule has 1 aromatic heterocycles. The summed E-state index contributed by atoms with van der Waals surface area (Å²) in [6.07, 6.45) is 0. The largest absolute Gasteiger partial charge is 0.325 e. The zero-order chi connectivity index (χ0) is 15.0. The van der Waals surface area contributed by atoms with Crippen LogP contribution in [0.1, 0.15) is 16.8 Å². The maximum Gasteiger partial charge on any atom is 0.266 e. The molecule has 0 saturated heterocycles. The van der Waals surface area contributed by atoms with Crippen LogP contribution in [-0.2, 0) is 0 Å². The Morgan fingerprint density at radius 1 is 1.10 bits per heavy atom. The van der Waals surface area contributed by atoms with Gasteiger partial charge in [-0.3, -0.25) is 4.79 Å². The minimum atomic E-state index is -0.333. The van der Waals surface area contributed by atoms with Crippen molar-refractivity contribution >= 4 is 10.8 Å². The highest BCUT2D eigenvalue weighted by Crippen LogP contribution is 2.33. The maximum atomic E-state index is 12.0. The summed E-state index contributed by atoms with van der Waals surface area (Å²) >= 11 is 0. The molecule has 3 nitrogen and oxygen atoms in total. The topological polar surface area (TPSA) is 56.6 Å². The molecule has 0 amide bonds. The number of fused-ring (bicyclic) bond motifs is 1. The first-order chi connectivity index (χ1) is 10.1. The summed E-state index contributed by atoms with van der Waals surface area (Å²) in [7, 11) is 0. The van der Waals surface area contributed by atoms with E-state index in [0.29, 0.717) is 5.56 Å². The third kappa shape index (κ3) is 2.11. The Bertz CT molecular complexity index is 946. The molecule has 0 aliphatic carbocycles. The van der Waals surface area contributed by atoms with Crippen molar-refractivity contribution in [2.24, 2.45) is 0 Å². The van der Waals surface area contributed by atoms with Gasteiger partial charge in [0.2, 0.25) is 0 Å². The van der Waals surface area contributed by atoms with Crippen LogP contribution in [0.3, 0.4) is 0 Å². The van der Waals surface area contributed by atoms with Gasteiger partial charge in [-0.05, 0) is 41.8 Å². The molecule has 0 aliphatic rings. The van der Waals surface area contributed by atoms with Crippen molar-refractivity contribution in [3.63, 3.8) is 0 Å². The van der Waals surface area contributed by atoms with Crippen LogP contribution in [0.25, 0.3) is 21.9 Å². The van der Waals surface area contributed by atoms with Gasteiger partial charge in [0.15, 0.2) is 0 Å². The predicted octanol–water partition coefficient (Wildman–Crippen LogP) is 3.68. The first kappa shape index (κ1) is 13.1. The van der Waals surface area contributed by atoms with Gasteiger partial charge in [-0.1, -0.05) is 36.4 Å². The number of nitrogens with zero attached hydrogens (tertiary/aromatic N) is 1. The maximum absolute atomic E-state index is 12.0. The number of rotatable bonds is 1. The van der Waals surface area contributed by atoms with E-state index in [1.165, 1.54) is 0 Å². The summed E-state index contributed by atoms with van der Waals surface area (Å²) in [5.41, 5.74) is 3.29. The van der Waals surface area contributed by atoms with Crippen molar-refractivity contribution in [3.8, 4) is 17.2 Å². The fraction of sp³-hybridized carbons (Fsp3) is 0.111. The number of H-pyrrole nitrogens is 1. The van der Waals surface area contributed by atoms with Gasteiger partial charge in [-0.2, -0.15) is 5.26 Å². The zero-order valence-electron chi connectivity index (χ0n) is 11.9. The Kier molecular flexibility index (Phi) is 3.08. The van der Waals surface area contributed by atoms with Gasteiger partial charge in [0.25, 0.3) is 5.56 Å². The van der Waals surface area contributed by atoms with E-state index in [-0.39, 0.29) is 11.1 Å². The number of pyridine rings is 1. The molecular weight excluding hydrogens is 260 g/mol. The van der Waals surface area contributed by atoms with Crippen LogP contribution in [-0.4, -0.2) is 4.98 Å². The molecule has 102 valence electrons. The first-order valence-electron chi connectivity index (χ1n) is 6.74. The smallest absolute Gasteiger partial charge is 0.266 e. The number of hydrogen-bond donors (Lipinski definition) is 1. The average molecular weight is 274 g/mol. The van der Waals surface area contributed by atoms with Gasteiger partial charge < -0.3 is 4.98 Å². The Hall–Kier alpha value is -2.86. The van der Waals surface area contributed by atoms with Crippen LogP contribution < -0.4 is 5.56 Å². The van der Waals surface area contributed by atoms with Crippen molar-refractivity contribution in [2.75, 3.05) is 0 Å². The van der Waals surface area contributed by atoms with Crippen molar-refractivity contribution in [1.82, 2.24) is 4.98 Å². The highest BCUT2D eigenvalue weighted by molar-refractivity contribution is 5.99. The lowest BCUT2D eigenvalue weighted by molar-refractivity contribution is 1.13. The van der Waals surface area contributed by atoms with E-state index >= 15 is 0 Å². The van der Waals surface area contributed by atoms with Crippen LogP contribution in [0, 0.1) is 25.2 Å². The number of aryl methyl sites for hydroxylation is 2. The summed E-state index contributed by atoms with van der Waals surface area (Å²) in [4.78, 5) is 14.7. The molecule has 1 heterocycles. The summed E-state index contributed by atoms with van der Waals surface area (Å²) in [5, 5.41) is 11.5. The Morgan fingerprint density at radius 2 is 1.86 bits per heavy atom. The number of aromatic nitrogens is 1. The lowest BCUT2D eigenvalue weighted by atomic mass is 9.92. The van der Waals surface area contributed by atoms with Gasteiger partial charge in [0.1, 0.15) is 11.6 Å². The molecule has 0 fully saturated rings. The zero-order valence-corrected chi connectivity index (χ0v) is 11.9. The van der Waals surface area contributed by atoms with Gasteiger partial charge in [-0.15, -0.1) is 0 Å². The second-order valence-electron chi connectivity index (χ2n) is 5.16. The SMILES string of the molecule is Cc1cc(-c2c(C)ccc3ccccc23)c(C#N)c(=O)[nH]1. The Balaban J connectivity index is 2.50. The Morgan fingerprint density at radius 3 is 2.62 bits per heavy atom. The van der Waals surface area contributed by atoms with Crippen molar-refractivity contribution < 1.29 is 0 Å². The summed E-state index contributed by atoms with van der Waals surface area (Å²) in [6.45, 7) is 3.83. The van der Waals surface area contributed by atoms with Crippen LogP contribution in [0.5, 0.6) is 0 Å². The summed E-state index contributed by atoms with van der Waals surface area (Å²) in [6, 6.07) is 16.0. The number of nitriles is 1. The summed E-state index contributed by atoms with van der Waals surface area (Å²) in [5.74, 6) is 0. The predicted molar refractivity (Wildman–Crippen MR) is 84.2 cm³/mol. The standard InChI is InChI=1S/C18H14N2O/c1-11-7-8-13-5-3-4-6-14(13)17(11)15-9-12(2)20-18(21)16(15)10-19/h3-9H,1-2H3,(H,20,21). The fourth-order valence-corrected chi connectivity index (χ4v) is 2.73. The van der Waals surface area contributed by atoms with E-state index in [9.17, 15) is 10.1 Å². The van der Waals surface area contributed by atoms with Crippen molar-refractivity contribution in [3.05, 3.63) is 69.6 Å². The van der Waals surface area contributed by atoms with Crippen molar-refractivity contribution in [2.45, 2.75) is 13.8 Å². The molecule has 3 heteroatoms. The van der Waals surface area contributed by atoms with Crippen molar-refractivity contribution in [1.29, 1.82) is 5.26 Å². The van der Waals surface area contributed by atoms with Crippen LogP contribution in [0.4, 0.5) is 0 Å². The van der Waals surface area contributed by atoms with Gasteiger partial charge in [0, 0.05) is 11.3 Å². The van der Waals surface area contributed by atoms with Crippen LogP contribution >= 0.6 is 0 Å². The number of benzene rings is 2. The van der Waals surface area contributed by atoms with E-state index in [1.807, 2.05) is 56.3 Å². The fourth-order valence-electron chi connectivity index (χ4n) is 2.73. The first-order valence-corrected chi connectivity index (χ1v) is 6.74. The molecule has 21 heavy (non-hydrogen) atoms. The highest BCUT2D eigenvalue weighted by Gasteiger charge is 2.14. The lowest BCUT2D eigenvalue weighted by Crippen LogP contribution is -2.13. The molecule has 0 spiro atoms. The van der Waals surface area contributed by atoms with Gasteiger partial charge in [-0.25, -0.2) is 0 Å². The van der Waals surface area contributed by atoms with E-state index in [0.717, 1.165) is 27.6 Å². The van der Waals surface area contributed by atoms with E-state index in [4.69, 9.17) is 0 Å². The third-order valence-corrected chi connectivity index (χ3v) is 3.69. The molecule has 0 radical (unpaired) electrons. The number of hydrogen-bond acceptors (Lipinski definition) is 2. The van der Waals surface area contributed by atoms with Crippen LogP contribution in [0.2, 0.25) is 0 Å². The molecule has 3 aromatic rings. The minimum absolute atomic E-state index is 0.167. The quantitative estimate of drug-likeness (QED) is 0.735. The molecule has 0 aliphatic heterocycles. The minimum Gasteiger partial charge on any atom is -0.325 e. The van der Waals surface area contributed by atoms with E-state index in [1.54, 1.807) is 0 Å². The van der Waals surface area contributed by atoms with Crippen LogP contribution in [0.15, 0.2) is 47.3 Å². The number of nitrogens with one attached hydrogen (secondary N) is 1. The number of aromatic amines is 1. The third-order valence-electron chi connectivity index (χ3n) is 3.69. The second kappa shape index (κ2) is 4.92.